The summed E-state index contributed by atoms with van der Waals surface area (Å²) in [6.45, 7) is 1.78. The minimum Gasteiger partial charge on any atom is -0.368 e. The Balaban J connectivity index is 1.52. The van der Waals surface area contributed by atoms with Crippen molar-refractivity contribution in [3.63, 3.8) is 0 Å². The average Bonchev–Trinajstić information content (AvgIpc) is 2.49. The van der Waals surface area contributed by atoms with Gasteiger partial charge in [0.25, 0.3) is 0 Å². The lowest BCUT2D eigenvalue weighted by Crippen LogP contribution is -2.58. The van der Waals surface area contributed by atoms with Crippen LogP contribution in [0.15, 0.2) is 0 Å². The number of hydrogen-bond acceptors (Lipinski definition) is 3. The van der Waals surface area contributed by atoms with Gasteiger partial charge in [-0.05, 0) is 51.5 Å². The molecule has 3 rings (SSSR count). The van der Waals surface area contributed by atoms with Crippen molar-refractivity contribution in [2.75, 3.05) is 13.2 Å². The van der Waals surface area contributed by atoms with Crippen LogP contribution in [0, 0.1) is 0 Å². The van der Waals surface area contributed by atoms with Crippen molar-refractivity contribution >= 4 is 5.91 Å². The molecule has 2 heterocycles. The molecule has 4 nitrogen and oxygen atoms in total. The van der Waals surface area contributed by atoms with E-state index in [0.717, 1.165) is 45.3 Å². The summed E-state index contributed by atoms with van der Waals surface area (Å²) >= 11 is 0. The molecule has 2 unspecified atom stereocenters. The van der Waals surface area contributed by atoms with Gasteiger partial charge in [0.05, 0.1) is 0 Å². The van der Waals surface area contributed by atoms with E-state index in [1.54, 1.807) is 0 Å². The first-order valence-electron chi connectivity index (χ1n) is 8.44. The Labute approximate surface area is 122 Å². The SMILES string of the molecule is O=C(NC1CCNC2(CCCCC2)C1)C1CCCCO1. The van der Waals surface area contributed by atoms with Crippen LogP contribution in [0.2, 0.25) is 0 Å². The monoisotopic (exact) mass is 280 g/mol. The van der Waals surface area contributed by atoms with Crippen molar-refractivity contribution in [1.29, 1.82) is 0 Å². The zero-order valence-electron chi connectivity index (χ0n) is 12.5. The molecule has 2 aliphatic heterocycles. The second-order valence-electron chi connectivity index (χ2n) is 6.82. The molecule has 3 fully saturated rings. The van der Waals surface area contributed by atoms with E-state index in [4.69, 9.17) is 4.74 Å². The zero-order chi connectivity index (χ0) is 13.8. The van der Waals surface area contributed by atoms with Crippen molar-refractivity contribution in [2.24, 2.45) is 0 Å². The maximum Gasteiger partial charge on any atom is 0.249 e. The number of carbonyl (C=O) groups is 1. The van der Waals surface area contributed by atoms with E-state index in [1.807, 2.05) is 0 Å². The van der Waals surface area contributed by atoms with Gasteiger partial charge in [-0.3, -0.25) is 4.79 Å². The van der Waals surface area contributed by atoms with Gasteiger partial charge in [-0.2, -0.15) is 0 Å². The third-order valence-electron chi connectivity index (χ3n) is 5.26. The summed E-state index contributed by atoms with van der Waals surface area (Å²) in [7, 11) is 0. The number of carbonyl (C=O) groups excluding carboxylic acids is 1. The summed E-state index contributed by atoms with van der Waals surface area (Å²) in [4.78, 5) is 12.3. The largest absolute Gasteiger partial charge is 0.368 e. The van der Waals surface area contributed by atoms with Gasteiger partial charge in [0.15, 0.2) is 0 Å². The second kappa shape index (κ2) is 6.44. The van der Waals surface area contributed by atoms with Crippen LogP contribution in [0.25, 0.3) is 0 Å². The molecule has 2 saturated heterocycles. The highest BCUT2D eigenvalue weighted by Crippen LogP contribution is 2.34. The van der Waals surface area contributed by atoms with E-state index in [2.05, 4.69) is 10.6 Å². The van der Waals surface area contributed by atoms with Gasteiger partial charge < -0.3 is 15.4 Å². The molecule has 0 aromatic carbocycles. The summed E-state index contributed by atoms with van der Waals surface area (Å²) in [5.41, 5.74) is 0.307. The third kappa shape index (κ3) is 3.34. The highest BCUT2D eigenvalue weighted by atomic mass is 16.5. The lowest BCUT2D eigenvalue weighted by atomic mass is 9.75. The van der Waals surface area contributed by atoms with Crippen molar-refractivity contribution in [1.82, 2.24) is 10.6 Å². The molecule has 0 radical (unpaired) electrons. The summed E-state index contributed by atoms with van der Waals surface area (Å²) in [6, 6.07) is 0.340. The molecular weight excluding hydrogens is 252 g/mol. The number of rotatable bonds is 2. The predicted molar refractivity (Wildman–Crippen MR) is 78.6 cm³/mol. The molecule has 0 aromatic rings. The van der Waals surface area contributed by atoms with Crippen molar-refractivity contribution in [3.05, 3.63) is 0 Å². The molecule has 114 valence electrons. The van der Waals surface area contributed by atoms with Crippen LogP contribution in [0.4, 0.5) is 0 Å². The van der Waals surface area contributed by atoms with E-state index in [9.17, 15) is 4.79 Å². The zero-order valence-corrected chi connectivity index (χ0v) is 12.5. The van der Waals surface area contributed by atoms with E-state index in [0.29, 0.717) is 11.6 Å². The van der Waals surface area contributed by atoms with Crippen LogP contribution in [-0.4, -0.2) is 36.7 Å². The predicted octanol–water partition coefficient (Wildman–Crippen LogP) is 2.13. The molecule has 1 aliphatic carbocycles. The first kappa shape index (κ1) is 14.3. The fourth-order valence-corrected chi connectivity index (χ4v) is 4.13. The third-order valence-corrected chi connectivity index (χ3v) is 5.26. The van der Waals surface area contributed by atoms with Gasteiger partial charge in [0, 0.05) is 18.2 Å². The number of ether oxygens (including phenoxy) is 1. The smallest absolute Gasteiger partial charge is 0.249 e. The number of hydrogen-bond donors (Lipinski definition) is 2. The second-order valence-corrected chi connectivity index (χ2v) is 6.82. The molecule has 1 saturated carbocycles. The van der Waals surface area contributed by atoms with E-state index in [1.165, 1.54) is 32.1 Å². The highest BCUT2D eigenvalue weighted by molar-refractivity contribution is 5.81. The molecule has 0 aromatic heterocycles. The topological polar surface area (TPSA) is 50.4 Å². The fraction of sp³-hybridized carbons (Fsp3) is 0.938. The summed E-state index contributed by atoms with van der Waals surface area (Å²) in [5, 5.41) is 6.99. The normalized spacial score (nSPS) is 33.8. The van der Waals surface area contributed by atoms with E-state index >= 15 is 0 Å². The molecule has 0 bridgehead atoms. The number of amides is 1. The van der Waals surface area contributed by atoms with E-state index in [-0.39, 0.29) is 12.0 Å². The average molecular weight is 280 g/mol. The van der Waals surface area contributed by atoms with Crippen LogP contribution in [-0.2, 0) is 9.53 Å². The molecule has 1 amide bonds. The van der Waals surface area contributed by atoms with Crippen LogP contribution < -0.4 is 10.6 Å². The maximum atomic E-state index is 12.3. The molecule has 2 atom stereocenters. The molecule has 20 heavy (non-hydrogen) atoms. The number of piperidine rings is 1. The lowest BCUT2D eigenvalue weighted by molar-refractivity contribution is -0.136. The maximum absolute atomic E-state index is 12.3. The molecule has 2 N–H and O–H groups in total. The summed E-state index contributed by atoms with van der Waals surface area (Å²) < 4.78 is 5.59. The van der Waals surface area contributed by atoms with Gasteiger partial charge in [-0.25, -0.2) is 0 Å². The van der Waals surface area contributed by atoms with Gasteiger partial charge in [0.2, 0.25) is 5.91 Å². The minimum absolute atomic E-state index is 0.127. The Morgan fingerprint density at radius 1 is 1.10 bits per heavy atom. The van der Waals surface area contributed by atoms with Crippen LogP contribution >= 0.6 is 0 Å². The highest BCUT2D eigenvalue weighted by Gasteiger charge is 2.38. The first-order valence-corrected chi connectivity index (χ1v) is 8.44. The Morgan fingerprint density at radius 3 is 2.70 bits per heavy atom. The molecule has 1 spiro atoms. The van der Waals surface area contributed by atoms with Crippen LogP contribution in [0.1, 0.15) is 64.2 Å². The van der Waals surface area contributed by atoms with Gasteiger partial charge in [-0.1, -0.05) is 19.3 Å². The Kier molecular flexibility index (Phi) is 4.61. The van der Waals surface area contributed by atoms with Crippen molar-refractivity contribution < 1.29 is 9.53 Å². The molecule has 4 heteroatoms. The van der Waals surface area contributed by atoms with Crippen LogP contribution in [0.3, 0.4) is 0 Å². The Hall–Kier alpha value is -0.610. The number of nitrogens with one attached hydrogen (secondary N) is 2. The van der Waals surface area contributed by atoms with Crippen molar-refractivity contribution in [3.8, 4) is 0 Å². The lowest BCUT2D eigenvalue weighted by Gasteiger charge is -2.45. The van der Waals surface area contributed by atoms with E-state index < -0.39 is 0 Å². The first-order chi connectivity index (χ1) is 9.77. The van der Waals surface area contributed by atoms with Crippen LogP contribution in [0.5, 0.6) is 0 Å². The van der Waals surface area contributed by atoms with Gasteiger partial charge >= 0.3 is 0 Å². The summed E-state index contributed by atoms with van der Waals surface area (Å²) in [6.07, 6.45) is 11.7. The van der Waals surface area contributed by atoms with Gasteiger partial charge in [-0.15, -0.1) is 0 Å². The van der Waals surface area contributed by atoms with Crippen molar-refractivity contribution in [2.45, 2.75) is 81.9 Å². The molecule has 3 aliphatic rings. The Morgan fingerprint density at radius 2 is 1.95 bits per heavy atom. The fourth-order valence-electron chi connectivity index (χ4n) is 4.13. The minimum atomic E-state index is -0.194. The molecular formula is C16H28N2O2. The quantitative estimate of drug-likeness (QED) is 0.814. The van der Waals surface area contributed by atoms with Gasteiger partial charge in [0.1, 0.15) is 6.10 Å². The standard InChI is InChI=1S/C16H28N2O2/c19-15(14-6-2-5-11-20-14)18-13-7-10-17-16(12-13)8-3-1-4-9-16/h13-14,17H,1-12H2,(H,18,19). The summed E-state index contributed by atoms with van der Waals surface area (Å²) in [5.74, 6) is 0.127. The Bertz CT molecular complexity index is 328.